The fraction of sp³-hybridized carbons (Fsp3) is 0.615. The van der Waals surface area contributed by atoms with Gasteiger partial charge < -0.3 is 5.73 Å². The number of hydrogen-bond acceptors (Lipinski definition) is 2. The Morgan fingerprint density at radius 3 is 2.44 bits per heavy atom. The van der Waals surface area contributed by atoms with E-state index >= 15 is 0 Å². The highest BCUT2D eigenvalue weighted by Crippen LogP contribution is 2.43. The van der Waals surface area contributed by atoms with E-state index in [1.165, 1.54) is 12.3 Å². The Labute approximate surface area is 104 Å². The van der Waals surface area contributed by atoms with E-state index in [0.717, 1.165) is 32.1 Å². The molecule has 1 aromatic rings. The van der Waals surface area contributed by atoms with Gasteiger partial charge in [0.2, 0.25) is 0 Å². The maximum atomic E-state index is 13.0. The van der Waals surface area contributed by atoms with Crippen molar-refractivity contribution >= 4 is 0 Å². The van der Waals surface area contributed by atoms with Crippen molar-refractivity contribution in [3.63, 3.8) is 0 Å². The van der Waals surface area contributed by atoms with Crippen molar-refractivity contribution in [2.24, 2.45) is 5.73 Å². The van der Waals surface area contributed by atoms with Gasteiger partial charge in [0.15, 0.2) is 0 Å². The molecular weight excluding hydrogens is 241 g/mol. The maximum Gasteiger partial charge on any atom is 0.433 e. The lowest BCUT2D eigenvalue weighted by molar-refractivity contribution is -0.142. The standard InChI is InChI=1S/C13H17F3N2/c14-13(15,16)11-10(5-4-8-18-11)12(9-17)6-2-1-3-7-12/h4-5,8H,1-3,6-7,9,17H2. The van der Waals surface area contributed by atoms with Crippen LogP contribution < -0.4 is 5.73 Å². The van der Waals surface area contributed by atoms with Crippen LogP contribution in [0.3, 0.4) is 0 Å². The van der Waals surface area contributed by atoms with E-state index in [0.29, 0.717) is 0 Å². The second-order valence-electron chi connectivity index (χ2n) is 4.94. The molecule has 1 aromatic heterocycles. The molecule has 0 spiro atoms. The third kappa shape index (κ3) is 2.36. The zero-order chi connectivity index (χ0) is 13.2. The maximum absolute atomic E-state index is 13.0. The van der Waals surface area contributed by atoms with E-state index in [1.54, 1.807) is 6.07 Å². The smallest absolute Gasteiger partial charge is 0.330 e. The number of halogens is 3. The summed E-state index contributed by atoms with van der Waals surface area (Å²) in [6.45, 7) is 0.252. The van der Waals surface area contributed by atoms with Crippen molar-refractivity contribution in [2.75, 3.05) is 6.54 Å². The van der Waals surface area contributed by atoms with Gasteiger partial charge in [-0.05, 0) is 24.5 Å². The van der Waals surface area contributed by atoms with Crippen LogP contribution in [-0.4, -0.2) is 11.5 Å². The van der Waals surface area contributed by atoms with Gasteiger partial charge in [0.1, 0.15) is 5.69 Å². The second kappa shape index (κ2) is 4.88. The molecule has 1 saturated carbocycles. The molecule has 0 saturated heterocycles. The highest BCUT2D eigenvalue weighted by atomic mass is 19.4. The Morgan fingerprint density at radius 1 is 1.22 bits per heavy atom. The van der Waals surface area contributed by atoms with Gasteiger partial charge >= 0.3 is 6.18 Å². The van der Waals surface area contributed by atoms with Crippen LogP contribution in [0.4, 0.5) is 13.2 Å². The number of nitrogens with zero attached hydrogens (tertiary/aromatic N) is 1. The second-order valence-corrected chi connectivity index (χ2v) is 4.94. The summed E-state index contributed by atoms with van der Waals surface area (Å²) in [6, 6.07) is 3.10. The van der Waals surface area contributed by atoms with Gasteiger partial charge in [-0.2, -0.15) is 13.2 Å². The average molecular weight is 258 g/mol. The Hall–Kier alpha value is -1.10. The molecule has 0 radical (unpaired) electrons. The first-order valence-electron chi connectivity index (χ1n) is 6.22. The van der Waals surface area contributed by atoms with Crippen LogP contribution in [0.5, 0.6) is 0 Å². The van der Waals surface area contributed by atoms with Crippen LogP contribution in [0.25, 0.3) is 0 Å². The third-order valence-electron chi connectivity index (χ3n) is 3.85. The Morgan fingerprint density at radius 2 is 1.89 bits per heavy atom. The minimum atomic E-state index is -4.41. The first kappa shape index (κ1) is 13.3. The van der Waals surface area contributed by atoms with Gasteiger partial charge in [0.05, 0.1) is 0 Å². The Balaban J connectivity index is 2.48. The number of rotatable bonds is 2. The molecule has 0 amide bonds. The molecule has 5 heteroatoms. The summed E-state index contributed by atoms with van der Waals surface area (Å²) < 4.78 is 39.0. The Bertz CT molecular complexity index is 409. The van der Waals surface area contributed by atoms with Crippen molar-refractivity contribution < 1.29 is 13.2 Å². The lowest BCUT2D eigenvalue weighted by Gasteiger charge is -2.37. The molecule has 2 N–H and O–H groups in total. The van der Waals surface area contributed by atoms with Gasteiger partial charge in [0, 0.05) is 18.2 Å². The van der Waals surface area contributed by atoms with Crippen LogP contribution in [0.2, 0.25) is 0 Å². The topological polar surface area (TPSA) is 38.9 Å². The SMILES string of the molecule is NCC1(c2cccnc2C(F)(F)F)CCCCC1. The molecule has 1 heterocycles. The molecule has 18 heavy (non-hydrogen) atoms. The molecule has 0 unspecified atom stereocenters. The van der Waals surface area contributed by atoms with E-state index < -0.39 is 17.3 Å². The molecule has 0 aliphatic heterocycles. The summed E-state index contributed by atoms with van der Waals surface area (Å²) in [6.07, 6.45) is 1.17. The normalized spacial score (nSPS) is 19.8. The lowest BCUT2D eigenvalue weighted by atomic mass is 9.69. The van der Waals surface area contributed by atoms with Crippen molar-refractivity contribution in [2.45, 2.75) is 43.7 Å². The molecule has 1 aliphatic rings. The largest absolute Gasteiger partial charge is 0.433 e. The zero-order valence-corrected chi connectivity index (χ0v) is 10.1. The zero-order valence-electron chi connectivity index (χ0n) is 10.1. The van der Waals surface area contributed by atoms with E-state index in [1.807, 2.05) is 0 Å². The summed E-state index contributed by atoms with van der Waals surface area (Å²) in [5, 5.41) is 0. The molecule has 0 aromatic carbocycles. The molecule has 1 fully saturated rings. The molecule has 1 aliphatic carbocycles. The van der Waals surface area contributed by atoms with Crippen LogP contribution in [0.15, 0.2) is 18.3 Å². The summed E-state index contributed by atoms with van der Waals surface area (Å²) in [4.78, 5) is 3.54. The summed E-state index contributed by atoms with van der Waals surface area (Å²) >= 11 is 0. The minimum Gasteiger partial charge on any atom is -0.330 e. The van der Waals surface area contributed by atoms with Crippen molar-refractivity contribution in [1.82, 2.24) is 4.98 Å². The number of hydrogen-bond donors (Lipinski definition) is 1. The fourth-order valence-electron chi connectivity index (χ4n) is 2.87. The van der Waals surface area contributed by atoms with E-state index in [-0.39, 0.29) is 12.1 Å². The van der Waals surface area contributed by atoms with Crippen LogP contribution in [0.1, 0.15) is 43.4 Å². The molecule has 0 atom stereocenters. The van der Waals surface area contributed by atoms with E-state index in [4.69, 9.17) is 5.73 Å². The number of pyridine rings is 1. The Kier molecular flexibility index (Phi) is 3.61. The van der Waals surface area contributed by atoms with E-state index in [2.05, 4.69) is 4.98 Å². The predicted molar refractivity (Wildman–Crippen MR) is 63.1 cm³/mol. The number of alkyl halides is 3. The molecule has 0 bridgehead atoms. The quantitative estimate of drug-likeness (QED) is 0.884. The summed E-state index contributed by atoms with van der Waals surface area (Å²) in [5.74, 6) is 0. The third-order valence-corrected chi connectivity index (χ3v) is 3.85. The minimum absolute atomic E-state index is 0.252. The molecule has 2 nitrogen and oxygen atoms in total. The summed E-state index contributed by atoms with van der Waals surface area (Å²) in [7, 11) is 0. The molecular formula is C13H17F3N2. The van der Waals surface area contributed by atoms with Gasteiger partial charge in [-0.25, -0.2) is 0 Å². The highest BCUT2D eigenvalue weighted by molar-refractivity contribution is 5.32. The van der Waals surface area contributed by atoms with Gasteiger partial charge in [0.25, 0.3) is 0 Å². The van der Waals surface area contributed by atoms with Crippen molar-refractivity contribution in [3.8, 4) is 0 Å². The molecule has 2 rings (SSSR count). The molecule has 100 valence electrons. The monoisotopic (exact) mass is 258 g/mol. The fourth-order valence-corrected chi connectivity index (χ4v) is 2.87. The lowest BCUT2D eigenvalue weighted by Crippen LogP contribution is -2.39. The van der Waals surface area contributed by atoms with Crippen molar-refractivity contribution in [1.29, 1.82) is 0 Å². The number of nitrogens with two attached hydrogens (primary N) is 1. The van der Waals surface area contributed by atoms with Crippen molar-refractivity contribution in [3.05, 3.63) is 29.6 Å². The first-order chi connectivity index (χ1) is 8.49. The first-order valence-corrected chi connectivity index (χ1v) is 6.22. The van der Waals surface area contributed by atoms with Gasteiger partial charge in [-0.15, -0.1) is 0 Å². The van der Waals surface area contributed by atoms with Crippen LogP contribution >= 0.6 is 0 Å². The average Bonchev–Trinajstić information content (AvgIpc) is 2.38. The summed E-state index contributed by atoms with van der Waals surface area (Å²) in [5.41, 5.74) is 4.75. The van der Waals surface area contributed by atoms with Gasteiger partial charge in [-0.3, -0.25) is 4.98 Å². The van der Waals surface area contributed by atoms with E-state index in [9.17, 15) is 13.2 Å². The number of aromatic nitrogens is 1. The van der Waals surface area contributed by atoms with Crippen LogP contribution in [0, 0.1) is 0 Å². The van der Waals surface area contributed by atoms with Gasteiger partial charge in [-0.1, -0.05) is 25.3 Å². The predicted octanol–water partition coefficient (Wildman–Crippen LogP) is 3.26. The highest BCUT2D eigenvalue weighted by Gasteiger charge is 2.42. The van der Waals surface area contributed by atoms with Crippen LogP contribution in [-0.2, 0) is 11.6 Å².